The highest BCUT2D eigenvalue weighted by Gasteiger charge is 2.14. The predicted octanol–water partition coefficient (Wildman–Crippen LogP) is 3.15. The number of aryl methyl sites for hydroxylation is 1. The van der Waals surface area contributed by atoms with Gasteiger partial charge in [-0.15, -0.1) is 0 Å². The topological polar surface area (TPSA) is 21.3 Å². The highest BCUT2D eigenvalue weighted by atomic mass is 19.1. The maximum atomic E-state index is 13.1. The van der Waals surface area contributed by atoms with E-state index in [0.29, 0.717) is 11.5 Å². The molecule has 0 amide bonds. The SMILES string of the molecule is CCNCC(Oc1ccc(F)c(C)c1)C(C)C. The molecule has 0 saturated heterocycles. The molecule has 0 aliphatic carbocycles. The van der Waals surface area contributed by atoms with E-state index in [0.717, 1.165) is 18.8 Å². The standard InChI is InChI=1S/C14H22FNO/c1-5-16-9-14(10(2)3)17-12-6-7-13(15)11(4)8-12/h6-8,10,14,16H,5,9H2,1-4H3. The second-order valence-corrected chi connectivity index (χ2v) is 4.62. The number of hydrogen-bond donors (Lipinski definition) is 1. The van der Waals surface area contributed by atoms with Crippen LogP contribution in [-0.4, -0.2) is 19.2 Å². The molecular formula is C14H22FNO. The third-order valence-corrected chi connectivity index (χ3v) is 2.76. The fraction of sp³-hybridized carbons (Fsp3) is 0.571. The molecule has 0 saturated carbocycles. The normalized spacial score (nSPS) is 12.8. The first-order valence-corrected chi connectivity index (χ1v) is 6.18. The Morgan fingerprint density at radius 2 is 2.06 bits per heavy atom. The Labute approximate surface area is 103 Å². The van der Waals surface area contributed by atoms with Gasteiger partial charge in [-0.2, -0.15) is 0 Å². The number of likely N-dealkylation sites (N-methyl/N-ethyl adjacent to an activating group) is 1. The van der Waals surface area contributed by atoms with Gasteiger partial charge in [-0.25, -0.2) is 4.39 Å². The molecule has 17 heavy (non-hydrogen) atoms. The average Bonchev–Trinajstić information content (AvgIpc) is 2.28. The van der Waals surface area contributed by atoms with Gasteiger partial charge in [-0.3, -0.25) is 0 Å². The summed E-state index contributed by atoms with van der Waals surface area (Å²) < 4.78 is 19.0. The minimum Gasteiger partial charge on any atom is -0.489 e. The van der Waals surface area contributed by atoms with E-state index in [1.54, 1.807) is 19.1 Å². The van der Waals surface area contributed by atoms with Gasteiger partial charge in [0, 0.05) is 6.54 Å². The van der Waals surface area contributed by atoms with Crippen molar-refractivity contribution in [1.82, 2.24) is 5.32 Å². The van der Waals surface area contributed by atoms with Crippen LogP contribution in [0.2, 0.25) is 0 Å². The number of rotatable bonds is 6. The zero-order chi connectivity index (χ0) is 12.8. The highest BCUT2D eigenvalue weighted by molar-refractivity contribution is 5.29. The third-order valence-electron chi connectivity index (χ3n) is 2.76. The minimum atomic E-state index is -0.190. The van der Waals surface area contributed by atoms with E-state index in [2.05, 4.69) is 26.1 Å². The van der Waals surface area contributed by atoms with Crippen LogP contribution < -0.4 is 10.1 Å². The van der Waals surface area contributed by atoms with Crippen LogP contribution in [0.3, 0.4) is 0 Å². The molecule has 1 rings (SSSR count). The molecular weight excluding hydrogens is 217 g/mol. The Morgan fingerprint density at radius 3 is 2.59 bits per heavy atom. The van der Waals surface area contributed by atoms with Crippen LogP contribution in [0.1, 0.15) is 26.3 Å². The summed E-state index contributed by atoms with van der Waals surface area (Å²) in [5.41, 5.74) is 0.619. The average molecular weight is 239 g/mol. The van der Waals surface area contributed by atoms with Gasteiger partial charge in [0.1, 0.15) is 17.7 Å². The summed E-state index contributed by atoms with van der Waals surface area (Å²) in [6.07, 6.45) is 0.111. The Kier molecular flexibility index (Phi) is 5.42. The van der Waals surface area contributed by atoms with E-state index in [1.165, 1.54) is 6.07 Å². The van der Waals surface area contributed by atoms with E-state index >= 15 is 0 Å². The molecule has 0 aliphatic rings. The molecule has 96 valence electrons. The van der Waals surface area contributed by atoms with Crippen molar-refractivity contribution in [2.75, 3.05) is 13.1 Å². The van der Waals surface area contributed by atoms with E-state index in [4.69, 9.17) is 4.74 Å². The van der Waals surface area contributed by atoms with Crippen molar-refractivity contribution in [2.24, 2.45) is 5.92 Å². The number of benzene rings is 1. The predicted molar refractivity (Wildman–Crippen MR) is 68.9 cm³/mol. The van der Waals surface area contributed by atoms with Crippen molar-refractivity contribution in [1.29, 1.82) is 0 Å². The van der Waals surface area contributed by atoms with Gasteiger partial charge in [0.2, 0.25) is 0 Å². The summed E-state index contributed by atoms with van der Waals surface area (Å²) in [6.45, 7) is 9.80. The summed E-state index contributed by atoms with van der Waals surface area (Å²) in [5, 5.41) is 3.28. The van der Waals surface area contributed by atoms with Crippen LogP contribution >= 0.6 is 0 Å². The summed E-state index contributed by atoms with van der Waals surface area (Å²) in [7, 11) is 0. The number of ether oxygens (including phenoxy) is 1. The lowest BCUT2D eigenvalue weighted by atomic mass is 10.1. The van der Waals surface area contributed by atoms with Gasteiger partial charge in [0.05, 0.1) is 0 Å². The van der Waals surface area contributed by atoms with Gasteiger partial charge < -0.3 is 10.1 Å². The smallest absolute Gasteiger partial charge is 0.126 e. The maximum Gasteiger partial charge on any atom is 0.126 e. The summed E-state index contributed by atoms with van der Waals surface area (Å²) in [5.74, 6) is 0.963. The van der Waals surface area contributed by atoms with Crippen LogP contribution in [0, 0.1) is 18.7 Å². The molecule has 0 aromatic heterocycles. The van der Waals surface area contributed by atoms with Crippen molar-refractivity contribution in [3.05, 3.63) is 29.6 Å². The second-order valence-electron chi connectivity index (χ2n) is 4.62. The van der Waals surface area contributed by atoms with Crippen molar-refractivity contribution >= 4 is 0 Å². The number of halogens is 1. The molecule has 1 aromatic carbocycles. The van der Waals surface area contributed by atoms with E-state index in [-0.39, 0.29) is 11.9 Å². The van der Waals surface area contributed by atoms with Crippen molar-refractivity contribution < 1.29 is 9.13 Å². The van der Waals surface area contributed by atoms with Crippen LogP contribution in [0.15, 0.2) is 18.2 Å². The monoisotopic (exact) mass is 239 g/mol. The zero-order valence-corrected chi connectivity index (χ0v) is 11.1. The first-order chi connectivity index (χ1) is 8.04. The number of hydrogen-bond acceptors (Lipinski definition) is 2. The van der Waals surface area contributed by atoms with Gasteiger partial charge >= 0.3 is 0 Å². The largest absolute Gasteiger partial charge is 0.489 e. The molecule has 1 aromatic rings. The first kappa shape index (κ1) is 14.0. The Morgan fingerprint density at radius 1 is 1.35 bits per heavy atom. The van der Waals surface area contributed by atoms with E-state index in [1.807, 2.05) is 0 Å². The van der Waals surface area contributed by atoms with Gasteiger partial charge in [-0.05, 0) is 43.1 Å². The zero-order valence-electron chi connectivity index (χ0n) is 11.1. The van der Waals surface area contributed by atoms with E-state index < -0.39 is 0 Å². The third kappa shape index (κ3) is 4.35. The Bertz CT molecular complexity index is 352. The molecule has 1 atom stereocenters. The molecule has 0 aliphatic heterocycles. The van der Waals surface area contributed by atoms with Crippen molar-refractivity contribution in [3.63, 3.8) is 0 Å². The fourth-order valence-electron chi connectivity index (χ4n) is 1.57. The van der Waals surface area contributed by atoms with Crippen LogP contribution in [0.25, 0.3) is 0 Å². The van der Waals surface area contributed by atoms with Gasteiger partial charge in [0.15, 0.2) is 0 Å². The molecule has 0 bridgehead atoms. The fourth-order valence-corrected chi connectivity index (χ4v) is 1.57. The highest BCUT2D eigenvalue weighted by Crippen LogP contribution is 2.19. The van der Waals surface area contributed by atoms with Crippen LogP contribution in [-0.2, 0) is 0 Å². The molecule has 1 unspecified atom stereocenters. The molecule has 0 heterocycles. The molecule has 3 heteroatoms. The quantitative estimate of drug-likeness (QED) is 0.823. The van der Waals surface area contributed by atoms with Crippen LogP contribution in [0.5, 0.6) is 5.75 Å². The Hall–Kier alpha value is -1.09. The lowest BCUT2D eigenvalue weighted by molar-refractivity contribution is 0.149. The molecule has 0 fully saturated rings. The van der Waals surface area contributed by atoms with Crippen molar-refractivity contribution in [3.8, 4) is 5.75 Å². The molecule has 2 nitrogen and oxygen atoms in total. The molecule has 0 spiro atoms. The Balaban J connectivity index is 2.68. The lowest BCUT2D eigenvalue weighted by Crippen LogP contribution is -2.35. The minimum absolute atomic E-state index is 0.111. The first-order valence-electron chi connectivity index (χ1n) is 6.18. The summed E-state index contributed by atoms with van der Waals surface area (Å²) >= 11 is 0. The van der Waals surface area contributed by atoms with Crippen LogP contribution in [0.4, 0.5) is 4.39 Å². The van der Waals surface area contributed by atoms with Crippen molar-refractivity contribution in [2.45, 2.75) is 33.8 Å². The maximum absolute atomic E-state index is 13.1. The summed E-state index contributed by atoms with van der Waals surface area (Å²) in [4.78, 5) is 0. The lowest BCUT2D eigenvalue weighted by Gasteiger charge is -2.23. The van der Waals surface area contributed by atoms with E-state index in [9.17, 15) is 4.39 Å². The number of nitrogens with one attached hydrogen (secondary N) is 1. The van der Waals surface area contributed by atoms with Gasteiger partial charge in [0.25, 0.3) is 0 Å². The molecule has 0 radical (unpaired) electrons. The summed E-state index contributed by atoms with van der Waals surface area (Å²) in [6, 6.07) is 4.88. The van der Waals surface area contributed by atoms with Gasteiger partial charge in [-0.1, -0.05) is 20.8 Å². The second kappa shape index (κ2) is 6.60. The molecule has 1 N–H and O–H groups in total.